The zero-order valence-corrected chi connectivity index (χ0v) is 32.1. The van der Waals surface area contributed by atoms with Crippen LogP contribution in [0.25, 0.3) is 55.5 Å². The smallest absolute Gasteiger partial charge is 0.266 e. The predicted molar refractivity (Wildman–Crippen MR) is 222 cm³/mol. The molecule has 0 N–H and O–H groups in total. The van der Waals surface area contributed by atoms with E-state index in [1.807, 2.05) is 122 Å². The summed E-state index contributed by atoms with van der Waals surface area (Å²) in [5.41, 5.74) is 9.53. The summed E-state index contributed by atoms with van der Waals surface area (Å²) in [5, 5.41) is 1.27. The number of imidazole rings is 2. The van der Waals surface area contributed by atoms with Crippen molar-refractivity contribution in [1.82, 2.24) is 58.1 Å². The minimum Gasteiger partial charge on any atom is -0.320 e. The molecule has 0 bridgehead atoms. The third-order valence-corrected chi connectivity index (χ3v) is 10.3. The van der Waals surface area contributed by atoms with E-state index in [0.717, 1.165) is 39.1 Å². The highest BCUT2D eigenvalue weighted by atomic mass is 16.1. The van der Waals surface area contributed by atoms with E-state index in [1.54, 1.807) is 34.2 Å². The third-order valence-electron chi connectivity index (χ3n) is 10.3. The normalized spacial score (nSPS) is 11.4. The van der Waals surface area contributed by atoms with Gasteiger partial charge in [-0.3, -0.25) is 18.7 Å². The molecule has 14 nitrogen and oxygen atoms in total. The van der Waals surface area contributed by atoms with Crippen molar-refractivity contribution < 1.29 is 0 Å². The molecule has 14 heteroatoms. The Morgan fingerprint density at radius 2 is 1.02 bits per heavy atom. The van der Waals surface area contributed by atoms with E-state index in [-0.39, 0.29) is 11.1 Å². The van der Waals surface area contributed by atoms with Gasteiger partial charge < -0.3 is 9.13 Å². The Morgan fingerprint density at radius 1 is 0.500 bits per heavy atom. The molecule has 0 aliphatic carbocycles. The number of hydrogen-bond donors (Lipinski definition) is 0. The topological polar surface area (TPSA) is 157 Å². The molecule has 6 aromatic heterocycles. The highest BCUT2D eigenvalue weighted by Gasteiger charge is 2.19. The first-order chi connectivity index (χ1) is 28.3. The molecule has 0 fully saturated rings. The molecule has 0 spiro atoms. The van der Waals surface area contributed by atoms with Crippen LogP contribution in [0.1, 0.15) is 33.9 Å². The van der Waals surface area contributed by atoms with Crippen LogP contribution in [0.5, 0.6) is 0 Å². The molecular formula is C44H36N12O2. The molecule has 0 aliphatic rings. The fraction of sp³-hybridized carbons (Fsp3) is 0.136. The number of hydrogen-bond acceptors (Lipinski definition) is 10. The van der Waals surface area contributed by atoms with Gasteiger partial charge >= 0.3 is 0 Å². The van der Waals surface area contributed by atoms with Crippen molar-refractivity contribution in [3.8, 4) is 11.4 Å². The SMILES string of the molecule is Cc1ccccc1-n1c(Cn2cnc3cncnc32)nc2cccc(C)c2c1=O.Cc1ccccc1-n1c(Cn2cnc3ncncc32)nc2cccc(C)c2c1=O. The van der Waals surface area contributed by atoms with E-state index in [0.29, 0.717) is 63.4 Å². The quantitative estimate of drug-likeness (QED) is 0.186. The van der Waals surface area contributed by atoms with Crippen LogP contribution < -0.4 is 11.1 Å². The first kappa shape index (κ1) is 35.9. The molecular weight excluding hydrogens is 729 g/mol. The molecule has 0 saturated carbocycles. The lowest BCUT2D eigenvalue weighted by molar-refractivity contribution is 0.716. The Kier molecular flexibility index (Phi) is 9.12. The minimum atomic E-state index is -0.0727. The van der Waals surface area contributed by atoms with Gasteiger partial charge in [-0.2, -0.15) is 0 Å². The van der Waals surface area contributed by atoms with Gasteiger partial charge in [0, 0.05) is 0 Å². The van der Waals surface area contributed by atoms with Gasteiger partial charge in [-0.15, -0.1) is 0 Å². The Hall–Kier alpha value is -7.74. The lowest BCUT2D eigenvalue weighted by atomic mass is 10.1. The van der Waals surface area contributed by atoms with E-state index in [4.69, 9.17) is 9.97 Å². The molecule has 6 heterocycles. The second kappa shape index (κ2) is 14.7. The zero-order valence-electron chi connectivity index (χ0n) is 32.1. The standard InChI is InChI=1S/2C22H18N6O/c1-14-6-3-4-9-18(14)28-19(11-27-13-25-17-10-23-12-24-21(17)27)26-16-8-5-7-15(2)20(16)22(28)29;1-14-6-3-4-9-17(14)28-19(11-27-13-25-21-18(27)10-23-12-24-21)26-16-8-5-7-15(2)20(16)22(28)29/h2*3-10,12-13H,11H2,1-2H3. The molecule has 0 radical (unpaired) electrons. The second-order valence-electron chi connectivity index (χ2n) is 14.1. The molecule has 10 rings (SSSR count). The maximum Gasteiger partial charge on any atom is 0.266 e. The lowest BCUT2D eigenvalue weighted by Gasteiger charge is -2.16. The van der Waals surface area contributed by atoms with Crippen LogP contribution >= 0.6 is 0 Å². The first-order valence-corrected chi connectivity index (χ1v) is 18.6. The molecule has 0 atom stereocenters. The van der Waals surface area contributed by atoms with Crippen molar-refractivity contribution in [2.24, 2.45) is 0 Å². The average molecular weight is 765 g/mol. The maximum atomic E-state index is 13.6. The molecule has 0 aliphatic heterocycles. The van der Waals surface area contributed by atoms with Gasteiger partial charge in [-0.05, 0) is 74.2 Å². The third kappa shape index (κ3) is 6.35. The summed E-state index contributed by atoms with van der Waals surface area (Å²) in [6.07, 6.45) is 9.76. The van der Waals surface area contributed by atoms with Crippen molar-refractivity contribution in [2.75, 3.05) is 0 Å². The molecule has 0 unspecified atom stereocenters. The van der Waals surface area contributed by atoms with Crippen LogP contribution in [0.2, 0.25) is 0 Å². The summed E-state index contributed by atoms with van der Waals surface area (Å²) in [6.45, 7) is 8.60. The van der Waals surface area contributed by atoms with Gasteiger partial charge in [0.1, 0.15) is 35.3 Å². The van der Waals surface area contributed by atoms with Crippen molar-refractivity contribution >= 4 is 44.1 Å². The minimum absolute atomic E-state index is 0.0712. The predicted octanol–water partition coefficient (Wildman–Crippen LogP) is 6.38. The molecule has 0 amide bonds. The van der Waals surface area contributed by atoms with Crippen molar-refractivity contribution in [2.45, 2.75) is 40.8 Å². The number of para-hydroxylation sites is 2. The van der Waals surface area contributed by atoms with Crippen molar-refractivity contribution in [3.05, 3.63) is 177 Å². The van der Waals surface area contributed by atoms with Crippen molar-refractivity contribution in [3.63, 3.8) is 0 Å². The number of fused-ring (bicyclic) bond motifs is 4. The Morgan fingerprint density at radius 3 is 1.62 bits per heavy atom. The number of aromatic nitrogens is 12. The fourth-order valence-electron chi connectivity index (χ4n) is 7.39. The second-order valence-corrected chi connectivity index (χ2v) is 14.1. The van der Waals surface area contributed by atoms with Crippen LogP contribution in [-0.4, -0.2) is 58.1 Å². The van der Waals surface area contributed by atoms with Gasteiger partial charge in [-0.1, -0.05) is 60.7 Å². The van der Waals surface area contributed by atoms with E-state index in [1.165, 1.54) is 12.7 Å². The number of nitrogens with zero attached hydrogens (tertiary/aromatic N) is 12. The summed E-state index contributed by atoms with van der Waals surface area (Å²) in [7, 11) is 0. The number of aryl methyl sites for hydroxylation is 4. The Bertz CT molecular complexity index is 3090. The zero-order chi connectivity index (χ0) is 39.9. The van der Waals surface area contributed by atoms with E-state index >= 15 is 0 Å². The fourth-order valence-corrected chi connectivity index (χ4v) is 7.39. The lowest BCUT2D eigenvalue weighted by Crippen LogP contribution is -2.26. The monoisotopic (exact) mass is 764 g/mol. The van der Waals surface area contributed by atoms with Crippen LogP contribution in [0.3, 0.4) is 0 Å². The van der Waals surface area contributed by atoms with Crippen LogP contribution in [0, 0.1) is 27.7 Å². The average Bonchev–Trinajstić information content (AvgIpc) is 3.83. The maximum absolute atomic E-state index is 13.6. The number of benzene rings is 4. The molecule has 58 heavy (non-hydrogen) atoms. The molecule has 10 aromatic rings. The summed E-state index contributed by atoms with van der Waals surface area (Å²) >= 11 is 0. The van der Waals surface area contributed by atoms with E-state index < -0.39 is 0 Å². The molecule has 0 saturated heterocycles. The highest BCUT2D eigenvalue weighted by molar-refractivity contribution is 5.82. The summed E-state index contributed by atoms with van der Waals surface area (Å²) in [5.74, 6) is 1.26. The molecule has 284 valence electrons. The van der Waals surface area contributed by atoms with Gasteiger partial charge in [0.05, 0.1) is 71.3 Å². The Balaban J connectivity index is 0.000000150. The number of rotatable bonds is 6. The largest absolute Gasteiger partial charge is 0.320 e. The van der Waals surface area contributed by atoms with Gasteiger partial charge in [0.25, 0.3) is 11.1 Å². The van der Waals surface area contributed by atoms with Crippen molar-refractivity contribution in [1.29, 1.82) is 0 Å². The van der Waals surface area contributed by atoms with Gasteiger partial charge in [0.2, 0.25) is 0 Å². The van der Waals surface area contributed by atoms with Gasteiger partial charge in [-0.25, -0.2) is 39.9 Å². The first-order valence-electron chi connectivity index (χ1n) is 18.6. The van der Waals surface area contributed by atoms with Crippen LogP contribution in [0.4, 0.5) is 0 Å². The van der Waals surface area contributed by atoms with E-state index in [9.17, 15) is 9.59 Å². The van der Waals surface area contributed by atoms with Crippen LogP contribution in [-0.2, 0) is 13.1 Å². The summed E-state index contributed by atoms with van der Waals surface area (Å²) in [4.78, 5) is 62.2. The Labute approximate surface area is 330 Å². The van der Waals surface area contributed by atoms with Gasteiger partial charge in [0.15, 0.2) is 11.3 Å². The van der Waals surface area contributed by atoms with E-state index in [2.05, 4.69) is 29.9 Å². The van der Waals surface area contributed by atoms with Crippen LogP contribution in [0.15, 0.2) is 132 Å². The summed E-state index contributed by atoms with van der Waals surface area (Å²) in [6, 6.07) is 27.1. The summed E-state index contributed by atoms with van der Waals surface area (Å²) < 4.78 is 7.21. The molecule has 4 aromatic carbocycles. The highest BCUT2D eigenvalue weighted by Crippen LogP contribution is 2.22.